The minimum absolute atomic E-state index is 0.217. The first-order chi connectivity index (χ1) is 9.06. The van der Waals surface area contributed by atoms with Gasteiger partial charge in [-0.15, -0.1) is 0 Å². The Bertz CT molecular complexity index is 832. The molecule has 0 aliphatic rings. The van der Waals surface area contributed by atoms with Crippen LogP contribution >= 0.6 is 0 Å². The molecule has 2 aromatic heterocycles. The maximum absolute atomic E-state index is 13.2. The number of H-pyrrole nitrogens is 2. The Hall–Kier alpha value is -2.43. The fraction of sp³-hybridized carbons (Fsp3) is 0.143. The summed E-state index contributed by atoms with van der Waals surface area (Å²) in [5.74, 6) is -0.00246. The Kier molecular flexibility index (Phi) is 2.48. The van der Waals surface area contributed by atoms with E-state index in [1.807, 2.05) is 13.8 Å². The molecule has 0 saturated heterocycles. The van der Waals surface area contributed by atoms with Crippen LogP contribution in [0.5, 0.6) is 0 Å². The van der Waals surface area contributed by atoms with Crippen molar-refractivity contribution in [2.45, 2.75) is 13.8 Å². The monoisotopic (exact) mass is 257 g/mol. The van der Waals surface area contributed by atoms with Gasteiger partial charge < -0.3 is 9.97 Å². The molecule has 3 aromatic rings. The lowest BCUT2D eigenvalue weighted by Gasteiger charge is -2.01. The number of benzene rings is 1. The molecule has 0 unspecified atom stereocenters. The van der Waals surface area contributed by atoms with Crippen LogP contribution in [-0.2, 0) is 0 Å². The summed E-state index contributed by atoms with van der Waals surface area (Å²) in [4.78, 5) is 22.2. The lowest BCUT2D eigenvalue weighted by atomic mass is 10.2. The van der Waals surface area contributed by atoms with Crippen LogP contribution in [0.25, 0.3) is 22.4 Å². The summed E-state index contributed by atoms with van der Waals surface area (Å²) in [5.41, 5.74) is 2.65. The number of aromatic amines is 2. The largest absolute Gasteiger partial charge is 0.343 e. The summed E-state index contributed by atoms with van der Waals surface area (Å²) < 4.78 is 13.2. The van der Waals surface area contributed by atoms with Crippen molar-refractivity contribution < 1.29 is 4.39 Å². The van der Waals surface area contributed by atoms with Gasteiger partial charge in [-0.25, -0.2) is 9.37 Å². The fourth-order valence-electron chi connectivity index (χ4n) is 2.14. The highest BCUT2D eigenvalue weighted by molar-refractivity contribution is 5.81. The number of hydrogen-bond acceptors (Lipinski definition) is 2. The Balaban J connectivity index is 2.30. The van der Waals surface area contributed by atoms with E-state index in [-0.39, 0.29) is 11.4 Å². The lowest BCUT2D eigenvalue weighted by Crippen LogP contribution is -2.09. The van der Waals surface area contributed by atoms with Crippen LogP contribution in [-0.4, -0.2) is 15.0 Å². The molecule has 19 heavy (non-hydrogen) atoms. The molecule has 2 N–H and O–H groups in total. The zero-order valence-electron chi connectivity index (χ0n) is 10.5. The molecule has 3 rings (SSSR count). The van der Waals surface area contributed by atoms with Crippen molar-refractivity contribution in [3.63, 3.8) is 0 Å². The van der Waals surface area contributed by atoms with Gasteiger partial charge in [0, 0.05) is 11.3 Å². The second-order valence-electron chi connectivity index (χ2n) is 4.52. The fourth-order valence-corrected chi connectivity index (χ4v) is 2.14. The van der Waals surface area contributed by atoms with Crippen molar-refractivity contribution in [3.05, 3.63) is 51.7 Å². The van der Waals surface area contributed by atoms with Gasteiger partial charge in [-0.05, 0) is 31.5 Å². The van der Waals surface area contributed by atoms with Crippen LogP contribution in [0.2, 0.25) is 0 Å². The molecule has 5 heteroatoms. The molecule has 0 fully saturated rings. The maximum Gasteiger partial charge on any atom is 0.260 e. The van der Waals surface area contributed by atoms with Gasteiger partial charge in [0.15, 0.2) is 0 Å². The summed E-state index contributed by atoms with van der Waals surface area (Å²) in [6.07, 6.45) is 0. The van der Waals surface area contributed by atoms with Crippen molar-refractivity contribution in [1.29, 1.82) is 0 Å². The first-order valence-electron chi connectivity index (χ1n) is 5.91. The predicted molar refractivity (Wildman–Crippen MR) is 71.6 cm³/mol. The molecule has 0 radical (unpaired) electrons. The first kappa shape index (κ1) is 11.6. The zero-order valence-corrected chi connectivity index (χ0v) is 10.5. The summed E-state index contributed by atoms with van der Waals surface area (Å²) in [5, 5.41) is 0.553. The Morgan fingerprint density at radius 3 is 2.74 bits per heavy atom. The van der Waals surface area contributed by atoms with Gasteiger partial charge in [0.1, 0.15) is 17.3 Å². The molecule has 0 bridgehead atoms. The number of rotatable bonds is 1. The smallest absolute Gasteiger partial charge is 0.260 e. The summed E-state index contributed by atoms with van der Waals surface area (Å²) >= 11 is 0. The average molecular weight is 257 g/mol. The average Bonchev–Trinajstić information content (AvgIpc) is 2.65. The van der Waals surface area contributed by atoms with E-state index in [0.717, 1.165) is 11.3 Å². The van der Waals surface area contributed by atoms with Gasteiger partial charge in [0.05, 0.1) is 5.39 Å². The van der Waals surface area contributed by atoms with Gasteiger partial charge in [0.2, 0.25) is 0 Å². The van der Waals surface area contributed by atoms with Crippen molar-refractivity contribution >= 4 is 11.0 Å². The molecule has 0 aliphatic heterocycles. The molecular weight excluding hydrogens is 245 g/mol. The van der Waals surface area contributed by atoms with Gasteiger partial charge in [0.25, 0.3) is 5.56 Å². The number of hydrogen-bond donors (Lipinski definition) is 2. The van der Waals surface area contributed by atoms with E-state index < -0.39 is 0 Å². The van der Waals surface area contributed by atoms with Crippen LogP contribution in [0.3, 0.4) is 0 Å². The number of fused-ring (bicyclic) bond motifs is 1. The molecule has 0 aliphatic carbocycles. The Morgan fingerprint density at radius 2 is 2.00 bits per heavy atom. The normalized spacial score (nSPS) is 11.1. The van der Waals surface area contributed by atoms with E-state index in [4.69, 9.17) is 0 Å². The number of aryl methyl sites for hydroxylation is 2. The highest BCUT2D eigenvalue weighted by Gasteiger charge is 2.12. The maximum atomic E-state index is 13.2. The van der Waals surface area contributed by atoms with E-state index in [9.17, 15) is 9.18 Å². The van der Waals surface area contributed by atoms with Crippen LogP contribution in [0.4, 0.5) is 4.39 Å². The van der Waals surface area contributed by atoms with Crippen molar-refractivity contribution in [1.82, 2.24) is 15.0 Å². The van der Waals surface area contributed by atoms with Crippen LogP contribution in [0, 0.1) is 19.7 Å². The van der Waals surface area contributed by atoms with Gasteiger partial charge in [-0.3, -0.25) is 4.79 Å². The quantitative estimate of drug-likeness (QED) is 0.704. The predicted octanol–water partition coefficient (Wildman–Crippen LogP) is 2.67. The topological polar surface area (TPSA) is 61.5 Å². The number of nitrogens with one attached hydrogen (secondary N) is 2. The summed E-state index contributed by atoms with van der Waals surface area (Å²) in [6, 6.07) is 5.98. The molecule has 0 atom stereocenters. The van der Waals surface area contributed by atoms with Crippen LogP contribution in [0.1, 0.15) is 11.3 Å². The standard InChI is InChI=1S/C14H12FN3O/c1-7-8(2)16-13-11(7)14(19)18-12(17-13)9-4-3-5-10(15)6-9/h3-6H,1-2H3,(H2,16,17,18,19). The molecule has 4 nitrogen and oxygen atoms in total. The van der Waals surface area contributed by atoms with E-state index in [1.54, 1.807) is 12.1 Å². The SMILES string of the molecule is Cc1[nH]c2nc(-c3cccc(F)c3)[nH]c(=O)c2c1C. The second kappa shape index (κ2) is 4.05. The minimum atomic E-state index is -0.362. The molecule has 96 valence electrons. The van der Waals surface area contributed by atoms with Crippen LogP contribution < -0.4 is 5.56 Å². The van der Waals surface area contributed by atoms with Gasteiger partial charge >= 0.3 is 0 Å². The van der Waals surface area contributed by atoms with E-state index >= 15 is 0 Å². The van der Waals surface area contributed by atoms with Gasteiger partial charge in [-0.2, -0.15) is 0 Å². The highest BCUT2D eigenvalue weighted by atomic mass is 19.1. The Morgan fingerprint density at radius 1 is 1.21 bits per heavy atom. The number of aromatic nitrogens is 3. The van der Waals surface area contributed by atoms with Crippen molar-refractivity contribution in [2.75, 3.05) is 0 Å². The zero-order chi connectivity index (χ0) is 13.6. The second-order valence-corrected chi connectivity index (χ2v) is 4.52. The summed E-state index contributed by atoms with van der Waals surface area (Å²) in [6.45, 7) is 3.76. The van der Waals surface area contributed by atoms with Crippen molar-refractivity contribution in [2.24, 2.45) is 0 Å². The Labute approximate surface area is 108 Å². The molecular formula is C14H12FN3O. The first-order valence-corrected chi connectivity index (χ1v) is 5.91. The number of halogens is 1. The molecule has 0 saturated carbocycles. The van der Waals surface area contributed by atoms with Gasteiger partial charge in [-0.1, -0.05) is 12.1 Å². The minimum Gasteiger partial charge on any atom is -0.343 e. The van der Waals surface area contributed by atoms with Crippen molar-refractivity contribution in [3.8, 4) is 11.4 Å². The molecule has 1 aromatic carbocycles. The summed E-state index contributed by atoms with van der Waals surface area (Å²) in [7, 11) is 0. The lowest BCUT2D eigenvalue weighted by molar-refractivity contribution is 0.628. The van der Waals surface area contributed by atoms with E-state index in [0.29, 0.717) is 22.4 Å². The molecule has 0 amide bonds. The van der Waals surface area contributed by atoms with E-state index in [1.165, 1.54) is 12.1 Å². The van der Waals surface area contributed by atoms with E-state index in [2.05, 4.69) is 15.0 Å². The number of nitrogens with zero attached hydrogens (tertiary/aromatic N) is 1. The third-order valence-corrected chi connectivity index (χ3v) is 3.26. The van der Waals surface area contributed by atoms with Crippen LogP contribution in [0.15, 0.2) is 29.1 Å². The third kappa shape index (κ3) is 1.83. The molecule has 2 heterocycles. The highest BCUT2D eigenvalue weighted by Crippen LogP contribution is 2.20. The molecule has 0 spiro atoms. The third-order valence-electron chi connectivity index (χ3n) is 3.26.